The summed E-state index contributed by atoms with van der Waals surface area (Å²) in [5, 5.41) is 2.85. The van der Waals surface area contributed by atoms with Crippen molar-refractivity contribution in [3.63, 3.8) is 0 Å². The number of fused-ring (bicyclic) bond motifs is 1. The van der Waals surface area contributed by atoms with Crippen LogP contribution < -0.4 is 5.73 Å². The molecule has 1 fully saturated rings. The average molecular weight is 306 g/mol. The van der Waals surface area contributed by atoms with Gasteiger partial charge in [0.05, 0.1) is 18.5 Å². The van der Waals surface area contributed by atoms with Gasteiger partial charge in [0.1, 0.15) is 22.5 Å². The molecule has 1 atom stereocenters. The molecule has 2 aromatic heterocycles. The Balaban J connectivity index is 1.79. The number of esters is 1. The molecule has 21 heavy (non-hydrogen) atoms. The van der Waals surface area contributed by atoms with E-state index in [2.05, 4.69) is 14.9 Å². The molecule has 7 heteroatoms. The van der Waals surface area contributed by atoms with Crippen LogP contribution in [-0.2, 0) is 16.1 Å². The van der Waals surface area contributed by atoms with E-state index in [9.17, 15) is 4.79 Å². The van der Waals surface area contributed by atoms with Crippen LogP contribution in [0.3, 0.4) is 0 Å². The molecular formula is C14H18N4O2S. The minimum Gasteiger partial charge on any atom is -0.465 e. The molecule has 3 rings (SSSR count). The van der Waals surface area contributed by atoms with Gasteiger partial charge in [-0.25, -0.2) is 9.97 Å². The van der Waals surface area contributed by atoms with Crippen LogP contribution in [0.5, 0.6) is 0 Å². The van der Waals surface area contributed by atoms with Crippen molar-refractivity contribution >= 4 is 33.3 Å². The van der Waals surface area contributed by atoms with E-state index in [0.29, 0.717) is 24.8 Å². The summed E-state index contributed by atoms with van der Waals surface area (Å²) in [7, 11) is 0. The Bertz CT molecular complexity index is 657. The van der Waals surface area contributed by atoms with Crippen LogP contribution in [0.15, 0.2) is 11.4 Å². The van der Waals surface area contributed by atoms with E-state index in [-0.39, 0.29) is 12.0 Å². The molecule has 1 saturated heterocycles. The second-order valence-electron chi connectivity index (χ2n) is 5.05. The van der Waals surface area contributed by atoms with Crippen molar-refractivity contribution in [2.75, 3.05) is 18.9 Å². The number of hydrogen-bond acceptors (Lipinski definition) is 7. The lowest BCUT2D eigenvalue weighted by Crippen LogP contribution is -2.37. The lowest BCUT2D eigenvalue weighted by Gasteiger charge is -2.21. The van der Waals surface area contributed by atoms with Crippen LogP contribution in [-0.4, -0.2) is 40.0 Å². The number of hydrogen-bond donors (Lipinski definition) is 1. The summed E-state index contributed by atoms with van der Waals surface area (Å²) >= 11 is 1.55. The van der Waals surface area contributed by atoms with E-state index in [1.54, 1.807) is 11.3 Å². The maximum absolute atomic E-state index is 12.0. The first-order valence-corrected chi connectivity index (χ1v) is 7.97. The summed E-state index contributed by atoms with van der Waals surface area (Å²) in [5.74, 6) is 1.02. The molecular weight excluding hydrogens is 288 g/mol. The Morgan fingerprint density at radius 3 is 3.24 bits per heavy atom. The maximum atomic E-state index is 12.0. The van der Waals surface area contributed by atoms with Crippen molar-refractivity contribution in [3.8, 4) is 0 Å². The van der Waals surface area contributed by atoms with E-state index < -0.39 is 0 Å². The summed E-state index contributed by atoms with van der Waals surface area (Å²) in [6.45, 7) is 3.62. The molecule has 0 spiro atoms. The van der Waals surface area contributed by atoms with Crippen LogP contribution >= 0.6 is 11.3 Å². The molecule has 0 amide bonds. The minimum absolute atomic E-state index is 0.153. The predicted octanol–water partition coefficient (Wildman–Crippen LogP) is 1.80. The molecule has 112 valence electrons. The van der Waals surface area contributed by atoms with E-state index >= 15 is 0 Å². The number of rotatable bonds is 4. The summed E-state index contributed by atoms with van der Waals surface area (Å²) < 4.78 is 5.13. The first kappa shape index (κ1) is 14.2. The van der Waals surface area contributed by atoms with Gasteiger partial charge in [-0.05, 0) is 37.8 Å². The van der Waals surface area contributed by atoms with Crippen LogP contribution in [0.1, 0.15) is 25.6 Å². The highest BCUT2D eigenvalue weighted by atomic mass is 32.1. The lowest BCUT2D eigenvalue weighted by atomic mass is 10.2. The standard InChI is InChI=1S/C14H18N4O2S/c1-2-20-14(19)10-4-3-6-18(10)8-11-16-12(15)9-5-7-21-13(9)17-11/h5,7,10H,2-4,6,8H2,1H3,(H2,15,16,17). The number of nitrogen functional groups attached to an aromatic ring is 1. The van der Waals surface area contributed by atoms with Crippen molar-refractivity contribution in [2.24, 2.45) is 0 Å². The van der Waals surface area contributed by atoms with Crippen LogP contribution in [0.25, 0.3) is 10.2 Å². The van der Waals surface area contributed by atoms with E-state index in [1.165, 1.54) is 0 Å². The topological polar surface area (TPSA) is 81.3 Å². The van der Waals surface area contributed by atoms with Crippen molar-refractivity contribution in [1.82, 2.24) is 14.9 Å². The molecule has 0 radical (unpaired) electrons. The third kappa shape index (κ3) is 2.84. The highest BCUT2D eigenvalue weighted by Gasteiger charge is 2.32. The second kappa shape index (κ2) is 5.95. The van der Waals surface area contributed by atoms with E-state index in [1.807, 2.05) is 18.4 Å². The molecule has 2 N–H and O–H groups in total. The number of nitrogens with two attached hydrogens (primary N) is 1. The Morgan fingerprint density at radius 1 is 1.57 bits per heavy atom. The van der Waals surface area contributed by atoms with Crippen molar-refractivity contribution in [3.05, 3.63) is 17.3 Å². The SMILES string of the molecule is CCOC(=O)C1CCCN1Cc1nc(N)c2ccsc2n1. The summed E-state index contributed by atoms with van der Waals surface area (Å²) in [6, 6.07) is 1.74. The zero-order valence-corrected chi connectivity index (χ0v) is 12.7. The molecule has 1 unspecified atom stereocenters. The smallest absolute Gasteiger partial charge is 0.323 e. The lowest BCUT2D eigenvalue weighted by molar-refractivity contribution is -0.148. The molecule has 3 heterocycles. The number of carbonyl (C=O) groups excluding carboxylic acids is 1. The number of nitrogens with zero attached hydrogens (tertiary/aromatic N) is 3. The zero-order valence-electron chi connectivity index (χ0n) is 11.9. The van der Waals surface area contributed by atoms with Crippen molar-refractivity contribution in [1.29, 1.82) is 0 Å². The first-order valence-electron chi connectivity index (χ1n) is 7.09. The average Bonchev–Trinajstić information content (AvgIpc) is 3.08. The molecule has 0 bridgehead atoms. The van der Waals surface area contributed by atoms with Crippen molar-refractivity contribution < 1.29 is 9.53 Å². The fourth-order valence-corrected chi connectivity index (χ4v) is 3.49. The molecule has 2 aromatic rings. The Morgan fingerprint density at radius 2 is 2.43 bits per heavy atom. The van der Waals surface area contributed by atoms with Gasteiger partial charge in [0.15, 0.2) is 0 Å². The minimum atomic E-state index is -0.186. The summed E-state index contributed by atoms with van der Waals surface area (Å²) in [6.07, 6.45) is 1.82. The van der Waals surface area contributed by atoms with Gasteiger partial charge in [-0.3, -0.25) is 9.69 Å². The Labute approximate surface area is 126 Å². The van der Waals surface area contributed by atoms with Gasteiger partial charge in [-0.15, -0.1) is 11.3 Å². The molecule has 0 saturated carbocycles. The first-order chi connectivity index (χ1) is 10.2. The van der Waals surface area contributed by atoms with E-state index in [4.69, 9.17) is 10.5 Å². The number of thiophene rings is 1. The number of aromatic nitrogens is 2. The Hall–Kier alpha value is -1.73. The number of anilines is 1. The molecule has 0 aromatic carbocycles. The maximum Gasteiger partial charge on any atom is 0.323 e. The zero-order chi connectivity index (χ0) is 14.8. The molecule has 1 aliphatic rings. The highest BCUT2D eigenvalue weighted by Crippen LogP contribution is 2.25. The third-order valence-electron chi connectivity index (χ3n) is 3.67. The van der Waals surface area contributed by atoms with Gasteiger partial charge >= 0.3 is 5.97 Å². The van der Waals surface area contributed by atoms with E-state index in [0.717, 1.165) is 29.6 Å². The number of likely N-dealkylation sites (tertiary alicyclic amines) is 1. The fraction of sp³-hybridized carbons (Fsp3) is 0.500. The van der Waals surface area contributed by atoms with Gasteiger partial charge in [-0.1, -0.05) is 0 Å². The molecule has 6 nitrogen and oxygen atoms in total. The van der Waals surface area contributed by atoms with Gasteiger partial charge in [0, 0.05) is 0 Å². The van der Waals surface area contributed by atoms with Gasteiger partial charge in [0.25, 0.3) is 0 Å². The quantitative estimate of drug-likeness (QED) is 0.868. The van der Waals surface area contributed by atoms with Crippen LogP contribution in [0, 0.1) is 0 Å². The summed E-state index contributed by atoms with van der Waals surface area (Å²) in [4.78, 5) is 23.8. The molecule has 1 aliphatic heterocycles. The van der Waals surface area contributed by atoms with Crippen molar-refractivity contribution in [2.45, 2.75) is 32.4 Å². The summed E-state index contributed by atoms with van der Waals surface area (Å²) in [5.41, 5.74) is 5.96. The number of ether oxygens (including phenoxy) is 1. The fourth-order valence-electron chi connectivity index (χ4n) is 2.70. The van der Waals surface area contributed by atoms with Gasteiger partial charge in [-0.2, -0.15) is 0 Å². The molecule has 0 aliphatic carbocycles. The van der Waals surface area contributed by atoms with Gasteiger partial charge in [0.2, 0.25) is 0 Å². The Kier molecular flexibility index (Phi) is 4.03. The largest absolute Gasteiger partial charge is 0.465 e. The van der Waals surface area contributed by atoms with Crippen LogP contribution in [0.4, 0.5) is 5.82 Å². The third-order valence-corrected chi connectivity index (χ3v) is 4.47. The second-order valence-corrected chi connectivity index (χ2v) is 5.94. The predicted molar refractivity (Wildman–Crippen MR) is 81.9 cm³/mol. The monoisotopic (exact) mass is 306 g/mol. The highest BCUT2D eigenvalue weighted by molar-refractivity contribution is 7.16. The van der Waals surface area contributed by atoms with Gasteiger partial charge < -0.3 is 10.5 Å². The number of carbonyl (C=O) groups is 1. The normalized spacial score (nSPS) is 19.2. The van der Waals surface area contributed by atoms with Crippen LogP contribution in [0.2, 0.25) is 0 Å².